The monoisotopic (exact) mass is 697 g/mol. The molecular weight excluding hydrogens is 613 g/mol. The van der Waals surface area contributed by atoms with Crippen molar-refractivity contribution < 1.29 is 0 Å². The Kier molecular flexibility index (Phi) is 11.0. The van der Waals surface area contributed by atoms with Crippen LogP contribution in [-0.4, -0.2) is 0 Å². The lowest BCUT2D eigenvalue weighted by Crippen LogP contribution is -2.44. The molecule has 10 aliphatic carbocycles. The van der Waals surface area contributed by atoms with Crippen LogP contribution in [0.2, 0.25) is 0 Å². The lowest BCUT2D eigenvalue weighted by atomic mass is 9.52. The second-order valence-corrected chi connectivity index (χ2v) is 22.9. The first-order chi connectivity index (χ1) is 25.2. The molecule has 0 heterocycles. The van der Waals surface area contributed by atoms with Crippen molar-refractivity contribution in [2.75, 3.05) is 0 Å². The van der Waals surface area contributed by atoms with Crippen LogP contribution in [0.1, 0.15) is 212 Å². The van der Waals surface area contributed by atoms with Crippen LogP contribution in [0.5, 0.6) is 0 Å². The quantitative estimate of drug-likeness (QED) is 0.268. The molecule has 0 nitrogen and oxygen atoms in total. The molecule has 0 N–H and O–H groups in total. The largest absolute Gasteiger partial charge is 0.0533 e. The Morgan fingerprint density at radius 1 is 0.157 bits per heavy atom. The van der Waals surface area contributed by atoms with Crippen molar-refractivity contribution in [1.82, 2.24) is 0 Å². The van der Waals surface area contributed by atoms with E-state index in [-0.39, 0.29) is 0 Å². The Balaban J connectivity index is 0.879. The zero-order valence-corrected chi connectivity index (χ0v) is 33.7. The molecule has 10 saturated carbocycles. The van der Waals surface area contributed by atoms with Gasteiger partial charge in [0.15, 0.2) is 0 Å². The lowest BCUT2D eigenvalue weighted by molar-refractivity contribution is -0.0327. The molecule has 10 fully saturated rings. The summed E-state index contributed by atoms with van der Waals surface area (Å²) in [5, 5.41) is 0. The summed E-state index contributed by atoms with van der Waals surface area (Å²) < 4.78 is 0. The standard InChI is InChI=1S/C51H84/c1-4-13-34(14-5-1)41-27-42(39-23-24-48-40(25-39)21-12-22-47(48)35-15-6-2-7-16-35)29-43(28-41)44-30-46-31-45-26-37-19-10-11-20-38(37)32-50(45)51(46)49(33-44)36-17-8-3-9-18-36/h34-51H,1-33H2. The topological polar surface area (TPSA) is 0 Å². The molecule has 10 rings (SSSR count). The fraction of sp³-hybridized carbons (Fsp3) is 1.00. The maximum atomic E-state index is 1.70. The second-order valence-electron chi connectivity index (χ2n) is 22.9. The van der Waals surface area contributed by atoms with E-state index in [1.54, 1.807) is 205 Å². The highest BCUT2D eigenvalue weighted by Crippen LogP contribution is 2.64. The molecule has 0 heteroatoms. The van der Waals surface area contributed by atoms with E-state index >= 15 is 0 Å². The van der Waals surface area contributed by atoms with Crippen LogP contribution in [0, 0.1) is 107 Å². The molecule has 0 aliphatic heterocycles. The van der Waals surface area contributed by atoms with Gasteiger partial charge in [-0.15, -0.1) is 0 Å². The Morgan fingerprint density at radius 3 is 1.24 bits per heavy atom. The minimum absolute atomic E-state index is 1.10. The molecule has 0 aromatic carbocycles. The number of hydrogen-bond donors (Lipinski definition) is 0. The molecule has 51 heavy (non-hydrogen) atoms. The Morgan fingerprint density at radius 2 is 0.529 bits per heavy atom. The molecule has 0 aromatic heterocycles. The molecule has 15 unspecified atom stereocenters. The van der Waals surface area contributed by atoms with Crippen LogP contribution in [-0.2, 0) is 0 Å². The van der Waals surface area contributed by atoms with Crippen molar-refractivity contribution in [3.8, 4) is 0 Å². The summed E-state index contributed by atoms with van der Waals surface area (Å²) in [5.41, 5.74) is 0. The summed E-state index contributed by atoms with van der Waals surface area (Å²) in [6.07, 6.45) is 53.3. The van der Waals surface area contributed by atoms with Gasteiger partial charge in [0.1, 0.15) is 0 Å². The van der Waals surface area contributed by atoms with Gasteiger partial charge in [-0.2, -0.15) is 0 Å². The van der Waals surface area contributed by atoms with Crippen molar-refractivity contribution in [3.63, 3.8) is 0 Å². The summed E-state index contributed by atoms with van der Waals surface area (Å²) >= 11 is 0. The zero-order chi connectivity index (χ0) is 33.7. The van der Waals surface area contributed by atoms with Crippen LogP contribution < -0.4 is 0 Å². The van der Waals surface area contributed by atoms with Gasteiger partial charge in [-0.25, -0.2) is 0 Å². The lowest BCUT2D eigenvalue weighted by Gasteiger charge is -2.53. The van der Waals surface area contributed by atoms with Crippen LogP contribution >= 0.6 is 0 Å². The third-order valence-electron chi connectivity index (χ3n) is 20.9. The van der Waals surface area contributed by atoms with Crippen molar-refractivity contribution in [1.29, 1.82) is 0 Å². The van der Waals surface area contributed by atoms with Gasteiger partial charge in [0.2, 0.25) is 0 Å². The normalized spacial score (nSPS) is 50.5. The van der Waals surface area contributed by atoms with E-state index in [2.05, 4.69) is 0 Å². The third-order valence-corrected chi connectivity index (χ3v) is 20.9. The van der Waals surface area contributed by atoms with E-state index in [9.17, 15) is 0 Å². The van der Waals surface area contributed by atoms with Crippen molar-refractivity contribution in [3.05, 3.63) is 0 Å². The first-order valence-electron chi connectivity index (χ1n) is 25.2. The van der Waals surface area contributed by atoms with Gasteiger partial charge in [-0.3, -0.25) is 0 Å². The predicted octanol–water partition coefficient (Wildman–Crippen LogP) is 15.1. The number of rotatable bonds is 5. The summed E-state index contributed by atoms with van der Waals surface area (Å²) in [5.74, 6) is 20.2. The van der Waals surface area contributed by atoms with Crippen LogP contribution in [0.15, 0.2) is 0 Å². The van der Waals surface area contributed by atoms with Gasteiger partial charge < -0.3 is 0 Å². The average Bonchev–Trinajstić information content (AvgIpc) is 3.57. The highest BCUT2D eigenvalue weighted by Gasteiger charge is 2.56. The first kappa shape index (κ1) is 35.4. The summed E-state index contributed by atoms with van der Waals surface area (Å²) in [6, 6.07) is 0. The van der Waals surface area contributed by atoms with Gasteiger partial charge in [-0.05, 0) is 184 Å². The smallest absolute Gasteiger partial charge is 0.0323 e. The molecule has 288 valence electrons. The van der Waals surface area contributed by atoms with Crippen molar-refractivity contribution in [2.45, 2.75) is 212 Å². The van der Waals surface area contributed by atoms with Gasteiger partial charge in [0, 0.05) is 0 Å². The van der Waals surface area contributed by atoms with E-state index in [0.29, 0.717) is 0 Å². The Hall–Kier alpha value is 0. The maximum absolute atomic E-state index is 1.70. The van der Waals surface area contributed by atoms with E-state index in [1.807, 2.05) is 0 Å². The third kappa shape index (κ3) is 7.26. The van der Waals surface area contributed by atoms with E-state index in [4.69, 9.17) is 0 Å². The minimum atomic E-state index is 1.10. The molecule has 0 saturated heterocycles. The first-order valence-corrected chi connectivity index (χ1v) is 25.2. The number of fused-ring (bicyclic) bond motifs is 5. The molecule has 15 atom stereocenters. The molecule has 0 aromatic rings. The zero-order valence-electron chi connectivity index (χ0n) is 33.7. The summed E-state index contributed by atoms with van der Waals surface area (Å²) in [7, 11) is 0. The highest BCUT2D eigenvalue weighted by molar-refractivity contribution is 5.05. The summed E-state index contributed by atoms with van der Waals surface area (Å²) in [4.78, 5) is 0. The molecule has 0 spiro atoms. The number of hydrogen-bond acceptors (Lipinski definition) is 0. The Labute approximate surface area is 317 Å². The van der Waals surface area contributed by atoms with Crippen LogP contribution in [0.3, 0.4) is 0 Å². The van der Waals surface area contributed by atoms with E-state index < -0.39 is 0 Å². The van der Waals surface area contributed by atoms with Crippen LogP contribution in [0.25, 0.3) is 0 Å². The predicted molar refractivity (Wildman–Crippen MR) is 215 cm³/mol. The molecule has 10 aliphatic rings. The summed E-state index contributed by atoms with van der Waals surface area (Å²) in [6.45, 7) is 0. The fourth-order valence-corrected chi connectivity index (χ4v) is 18.9. The molecule has 0 amide bonds. The average molecular weight is 697 g/mol. The highest BCUT2D eigenvalue weighted by atomic mass is 14.6. The molecular formula is C51H84. The minimum Gasteiger partial charge on any atom is -0.0533 e. The van der Waals surface area contributed by atoms with Crippen LogP contribution in [0.4, 0.5) is 0 Å². The second kappa shape index (κ2) is 15.9. The van der Waals surface area contributed by atoms with E-state index in [1.165, 1.54) is 6.42 Å². The Bertz CT molecular complexity index is 1100. The van der Waals surface area contributed by atoms with Gasteiger partial charge >= 0.3 is 0 Å². The van der Waals surface area contributed by atoms with E-state index in [0.717, 1.165) is 107 Å². The van der Waals surface area contributed by atoms with Gasteiger partial charge in [-0.1, -0.05) is 135 Å². The van der Waals surface area contributed by atoms with Gasteiger partial charge in [0.05, 0.1) is 0 Å². The van der Waals surface area contributed by atoms with Gasteiger partial charge in [0.25, 0.3) is 0 Å². The molecule has 0 radical (unpaired) electrons. The SMILES string of the molecule is C1CCC(C2CC(C3CCC4C(CCCC4C4CCCCC4)C3)CC(C3CC4CC5CC6CCCCC6CC5C4C(C4CCCCC4)C3)C2)CC1. The fourth-order valence-electron chi connectivity index (χ4n) is 18.9. The maximum Gasteiger partial charge on any atom is -0.0323 e. The molecule has 0 bridgehead atoms. The van der Waals surface area contributed by atoms with Crippen molar-refractivity contribution >= 4 is 0 Å². The van der Waals surface area contributed by atoms with Crippen molar-refractivity contribution in [2.24, 2.45) is 107 Å².